The lowest BCUT2D eigenvalue weighted by Crippen LogP contribution is -2.29. The second-order valence-electron chi connectivity index (χ2n) is 4.26. The predicted octanol–water partition coefficient (Wildman–Crippen LogP) is 0.925. The Hall–Kier alpha value is -1.41. The molecule has 114 valence electrons. The highest BCUT2D eigenvalue weighted by molar-refractivity contribution is 7.89. The molecule has 7 nitrogen and oxygen atoms in total. The molecule has 1 heterocycles. The number of hydrogen-bond acceptors (Lipinski definition) is 6. The Balaban J connectivity index is 2.57. The summed E-state index contributed by atoms with van der Waals surface area (Å²) in [6.07, 6.45) is 0.896. The van der Waals surface area contributed by atoms with E-state index in [1.807, 2.05) is 13.8 Å². The van der Waals surface area contributed by atoms with Gasteiger partial charge in [-0.2, -0.15) is 4.98 Å². The zero-order chi connectivity index (χ0) is 15.0. The van der Waals surface area contributed by atoms with Crippen molar-refractivity contribution in [2.24, 2.45) is 0 Å². The monoisotopic (exact) mass is 302 g/mol. The van der Waals surface area contributed by atoms with E-state index in [0.29, 0.717) is 25.0 Å². The van der Waals surface area contributed by atoms with Gasteiger partial charge in [0.15, 0.2) is 0 Å². The molecule has 0 spiro atoms. The van der Waals surface area contributed by atoms with Gasteiger partial charge in [-0.3, -0.25) is 0 Å². The molecule has 0 radical (unpaired) electrons. The van der Waals surface area contributed by atoms with Crippen LogP contribution in [0.2, 0.25) is 0 Å². The van der Waals surface area contributed by atoms with Crippen molar-refractivity contribution >= 4 is 16.0 Å². The molecular weight excluding hydrogens is 280 g/mol. The van der Waals surface area contributed by atoms with Crippen molar-refractivity contribution in [1.29, 1.82) is 0 Å². The summed E-state index contributed by atoms with van der Waals surface area (Å²) >= 11 is 0. The Morgan fingerprint density at radius 2 is 2.05 bits per heavy atom. The normalized spacial score (nSPS) is 11.3. The number of nitrogens with zero attached hydrogens (tertiary/aromatic N) is 2. The predicted molar refractivity (Wildman–Crippen MR) is 78.5 cm³/mol. The number of anilines is 1. The van der Waals surface area contributed by atoms with Crippen molar-refractivity contribution in [1.82, 2.24) is 14.7 Å². The Morgan fingerprint density at radius 3 is 2.70 bits per heavy atom. The maximum atomic E-state index is 11.5. The van der Waals surface area contributed by atoms with E-state index in [1.54, 1.807) is 13.0 Å². The highest BCUT2D eigenvalue weighted by Crippen LogP contribution is 2.12. The minimum atomic E-state index is -3.24. The highest BCUT2D eigenvalue weighted by atomic mass is 32.2. The van der Waals surface area contributed by atoms with E-state index in [9.17, 15) is 8.42 Å². The third-order valence-corrected chi connectivity index (χ3v) is 3.77. The van der Waals surface area contributed by atoms with Crippen molar-refractivity contribution in [3.05, 3.63) is 11.8 Å². The average Bonchev–Trinajstić information content (AvgIpc) is 2.35. The number of sulfonamides is 1. The first-order chi connectivity index (χ1) is 9.46. The van der Waals surface area contributed by atoms with Crippen LogP contribution in [0.25, 0.3) is 0 Å². The molecular formula is C12H22N4O3S. The standard InChI is InChI=1S/C12H22N4O3S/c1-4-7-19-11-9-10(3)15-12(16-11)13-6-8-20(17,18)14-5-2/h9,14H,4-8H2,1-3H3,(H,13,15,16). The summed E-state index contributed by atoms with van der Waals surface area (Å²) in [5, 5.41) is 2.90. The van der Waals surface area contributed by atoms with Crippen molar-refractivity contribution in [3.8, 4) is 5.88 Å². The minimum Gasteiger partial charge on any atom is -0.478 e. The number of nitrogens with one attached hydrogen (secondary N) is 2. The van der Waals surface area contributed by atoms with Crippen LogP contribution in [-0.2, 0) is 10.0 Å². The summed E-state index contributed by atoms with van der Waals surface area (Å²) in [6.45, 7) is 6.81. The lowest BCUT2D eigenvalue weighted by atomic mass is 10.4. The fourth-order valence-corrected chi connectivity index (χ4v) is 2.44. The summed E-state index contributed by atoms with van der Waals surface area (Å²) in [5.41, 5.74) is 0.767. The average molecular weight is 302 g/mol. The first kappa shape index (κ1) is 16.6. The first-order valence-electron chi connectivity index (χ1n) is 6.66. The molecule has 0 amide bonds. The fraction of sp³-hybridized carbons (Fsp3) is 0.667. The van der Waals surface area contributed by atoms with E-state index < -0.39 is 10.0 Å². The smallest absolute Gasteiger partial charge is 0.226 e. The second-order valence-corrected chi connectivity index (χ2v) is 6.19. The molecule has 1 aromatic heterocycles. The maximum absolute atomic E-state index is 11.5. The lowest BCUT2D eigenvalue weighted by molar-refractivity contribution is 0.305. The molecule has 0 saturated heterocycles. The summed E-state index contributed by atoms with van der Waals surface area (Å²) in [5.74, 6) is 0.850. The molecule has 20 heavy (non-hydrogen) atoms. The third kappa shape index (κ3) is 6.16. The summed E-state index contributed by atoms with van der Waals surface area (Å²) in [7, 11) is -3.24. The molecule has 0 aliphatic carbocycles. The Labute approximate surface area is 120 Å². The van der Waals surface area contributed by atoms with Gasteiger partial charge in [0.2, 0.25) is 21.9 Å². The van der Waals surface area contributed by atoms with E-state index >= 15 is 0 Å². The van der Waals surface area contributed by atoms with Crippen LogP contribution in [0.1, 0.15) is 26.0 Å². The van der Waals surface area contributed by atoms with Crippen LogP contribution in [0.3, 0.4) is 0 Å². The largest absolute Gasteiger partial charge is 0.478 e. The molecule has 0 aliphatic heterocycles. The maximum Gasteiger partial charge on any atom is 0.226 e. The Morgan fingerprint density at radius 1 is 1.30 bits per heavy atom. The SMILES string of the molecule is CCCOc1cc(C)nc(NCCS(=O)(=O)NCC)n1. The van der Waals surface area contributed by atoms with E-state index in [2.05, 4.69) is 20.0 Å². The zero-order valence-corrected chi connectivity index (χ0v) is 13.0. The highest BCUT2D eigenvalue weighted by Gasteiger charge is 2.09. The molecule has 0 aliphatic rings. The van der Waals surface area contributed by atoms with E-state index in [-0.39, 0.29) is 12.3 Å². The van der Waals surface area contributed by atoms with Gasteiger partial charge in [0.05, 0.1) is 12.4 Å². The summed E-state index contributed by atoms with van der Waals surface area (Å²) in [4.78, 5) is 8.37. The van der Waals surface area contributed by atoms with Crippen LogP contribution in [0.4, 0.5) is 5.95 Å². The minimum absolute atomic E-state index is 0.0245. The van der Waals surface area contributed by atoms with Gasteiger partial charge in [-0.1, -0.05) is 13.8 Å². The number of rotatable bonds is 9. The fourth-order valence-electron chi connectivity index (χ4n) is 1.49. The van der Waals surface area contributed by atoms with E-state index in [1.165, 1.54) is 0 Å². The number of hydrogen-bond donors (Lipinski definition) is 2. The van der Waals surface area contributed by atoms with Gasteiger partial charge in [0.25, 0.3) is 0 Å². The molecule has 8 heteroatoms. The summed E-state index contributed by atoms with van der Waals surface area (Å²) < 4.78 is 30.8. The lowest BCUT2D eigenvalue weighted by Gasteiger charge is -2.09. The van der Waals surface area contributed by atoms with E-state index in [4.69, 9.17) is 4.74 Å². The molecule has 0 fully saturated rings. The van der Waals surface area contributed by atoms with Crippen LogP contribution >= 0.6 is 0 Å². The van der Waals surface area contributed by atoms with Gasteiger partial charge in [0.1, 0.15) is 0 Å². The quantitative estimate of drug-likeness (QED) is 0.705. The van der Waals surface area contributed by atoms with Crippen LogP contribution in [0.5, 0.6) is 5.88 Å². The van der Waals surface area contributed by atoms with Crippen molar-refractivity contribution in [2.75, 3.05) is 30.8 Å². The number of ether oxygens (including phenoxy) is 1. The van der Waals surface area contributed by atoms with Crippen LogP contribution in [-0.4, -0.2) is 43.8 Å². The molecule has 0 bridgehead atoms. The third-order valence-electron chi connectivity index (χ3n) is 2.30. The van der Waals surface area contributed by atoms with Crippen molar-refractivity contribution in [3.63, 3.8) is 0 Å². The Bertz CT molecular complexity index is 519. The molecule has 0 saturated carbocycles. The van der Waals surface area contributed by atoms with Crippen LogP contribution < -0.4 is 14.8 Å². The molecule has 0 unspecified atom stereocenters. The first-order valence-corrected chi connectivity index (χ1v) is 8.31. The van der Waals surface area contributed by atoms with Gasteiger partial charge >= 0.3 is 0 Å². The molecule has 1 rings (SSSR count). The van der Waals surface area contributed by atoms with Crippen LogP contribution in [0, 0.1) is 6.92 Å². The molecule has 0 aromatic carbocycles. The zero-order valence-electron chi connectivity index (χ0n) is 12.1. The second kappa shape index (κ2) is 8.01. The van der Waals surface area contributed by atoms with Gasteiger partial charge in [-0.15, -0.1) is 0 Å². The van der Waals surface area contributed by atoms with Gasteiger partial charge in [0, 0.05) is 24.8 Å². The van der Waals surface area contributed by atoms with Gasteiger partial charge in [-0.25, -0.2) is 18.1 Å². The van der Waals surface area contributed by atoms with E-state index in [0.717, 1.165) is 12.1 Å². The van der Waals surface area contributed by atoms with Crippen molar-refractivity contribution in [2.45, 2.75) is 27.2 Å². The molecule has 0 atom stereocenters. The Kier molecular flexibility index (Phi) is 6.66. The number of aromatic nitrogens is 2. The van der Waals surface area contributed by atoms with Crippen LogP contribution in [0.15, 0.2) is 6.07 Å². The van der Waals surface area contributed by atoms with Gasteiger partial charge in [-0.05, 0) is 13.3 Å². The van der Waals surface area contributed by atoms with Gasteiger partial charge < -0.3 is 10.1 Å². The topological polar surface area (TPSA) is 93.2 Å². The summed E-state index contributed by atoms with van der Waals surface area (Å²) in [6, 6.07) is 1.75. The number of aryl methyl sites for hydroxylation is 1. The molecule has 2 N–H and O–H groups in total. The molecule has 1 aromatic rings. The van der Waals surface area contributed by atoms with Crippen molar-refractivity contribution < 1.29 is 13.2 Å².